The molecule has 1 atom stereocenters. The zero-order valence-corrected chi connectivity index (χ0v) is 11.9. The van der Waals surface area contributed by atoms with Crippen LogP contribution in [0.3, 0.4) is 0 Å². The smallest absolute Gasteiger partial charge is 0.0615 e. The molecule has 1 unspecified atom stereocenters. The highest BCUT2D eigenvalue weighted by molar-refractivity contribution is 4.94. The van der Waals surface area contributed by atoms with Crippen LogP contribution >= 0.6 is 0 Å². The van der Waals surface area contributed by atoms with Crippen molar-refractivity contribution in [1.29, 1.82) is 0 Å². The summed E-state index contributed by atoms with van der Waals surface area (Å²) in [7, 11) is 1.78. The third-order valence-corrected chi connectivity index (χ3v) is 4.30. The first-order valence-electron chi connectivity index (χ1n) is 7.16. The molecule has 3 nitrogen and oxygen atoms in total. The van der Waals surface area contributed by atoms with Crippen molar-refractivity contribution in [3.63, 3.8) is 0 Å². The topological polar surface area (TPSA) is 38.5 Å². The van der Waals surface area contributed by atoms with Gasteiger partial charge >= 0.3 is 0 Å². The number of hydrogen-bond donors (Lipinski definition) is 1. The van der Waals surface area contributed by atoms with Crippen molar-refractivity contribution in [2.24, 2.45) is 5.73 Å². The predicted octanol–water partition coefficient (Wildman–Crippen LogP) is 2.39. The SMILES string of the molecule is CCN(C(C)COC)C1(CN)CCCCCC1. The van der Waals surface area contributed by atoms with Gasteiger partial charge in [-0.1, -0.05) is 32.6 Å². The summed E-state index contributed by atoms with van der Waals surface area (Å²) in [6.07, 6.45) is 7.91. The first-order chi connectivity index (χ1) is 8.20. The number of nitrogens with two attached hydrogens (primary N) is 1. The Kier molecular flexibility index (Phi) is 6.45. The van der Waals surface area contributed by atoms with E-state index in [9.17, 15) is 0 Å². The quantitative estimate of drug-likeness (QED) is 0.727. The summed E-state index contributed by atoms with van der Waals surface area (Å²) >= 11 is 0. The molecule has 102 valence electrons. The fourth-order valence-corrected chi connectivity index (χ4v) is 3.44. The molecule has 1 fully saturated rings. The molecule has 0 bridgehead atoms. The summed E-state index contributed by atoms with van der Waals surface area (Å²) < 4.78 is 5.32. The van der Waals surface area contributed by atoms with Crippen molar-refractivity contribution < 1.29 is 4.74 Å². The summed E-state index contributed by atoms with van der Waals surface area (Å²) in [6, 6.07) is 0.464. The zero-order valence-electron chi connectivity index (χ0n) is 11.9. The molecule has 1 saturated carbocycles. The summed E-state index contributed by atoms with van der Waals surface area (Å²) in [5, 5.41) is 0. The van der Waals surface area contributed by atoms with Crippen LogP contribution in [0.15, 0.2) is 0 Å². The molecule has 0 aliphatic heterocycles. The van der Waals surface area contributed by atoms with E-state index in [4.69, 9.17) is 10.5 Å². The Morgan fingerprint density at radius 3 is 2.24 bits per heavy atom. The molecule has 1 rings (SSSR count). The Balaban J connectivity index is 2.78. The fraction of sp³-hybridized carbons (Fsp3) is 1.00. The van der Waals surface area contributed by atoms with Gasteiger partial charge in [0.1, 0.15) is 0 Å². The van der Waals surface area contributed by atoms with Crippen molar-refractivity contribution in [2.45, 2.75) is 64.0 Å². The molecule has 2 N–H and O–H groups in total. The fourth-order valence-electron chi connectivity index (χ4n) is 3.44. The molecule has 0 amide bonds. The maximum absolute atomic E-state index is 6.14. The van der Waals surface area contributed by atoms with E-state index in [1.807, 2.05) is 0 Å². The molecule has 17 heavy (non-hydrogen) atoms. The lowest BCUT2D eigenvalue weighted by atomic mass is 9.87. The van der Waals surface area contributed by atoms with E-state index in [1.54, 1.807) is 7.11 Å². The monoisotopic (exact) mass is 242 g/mol. The van der Waals surface area contributed by atoms with Gasteiger partial charge < -0.3 is 10.5 Å². The van der Waals surface area contributed by atoms with Crippen molar-refractivity contribution in [3.05, 3.63) is 0 Å². The van der Waals surface area contributed by atoms with Gasteiger partial charge in [0.05, 0.1) is 6.61 Å². The van der Waals surface area contributed by atoms with Gasteiger partial charge in [-0.25, -0.2) is 0 Å². The Bertz CT molecular complexity index is 200. The van der Waals surface area contributed by atoms with Crippen molar-refractivity contribution >= 4 is 0 Å². The van der Waals surface area contributed by atoms with Gasteiger partial charge in [0.2, 0.25) is 0 Å². The average molecular weight is 242 g/mol. The van der Waals surface area contributed by atoms with Crippen LogP contribution in [0.25, 0.3) is 0 Å². The second kappa shape index (κ2) is 7.34. The van der Waals surface area contributed by atoms with Gasteiger partial charge in [-0.2, -0.15) is 0 Å². The van der Waals surface area contributed by atoms with Gasteiger partial charge in [0, 0.05) is 25.2 Å². The van der Waals surface area contributed by atoms with E-state index >= 15 is 0 Å². The van der Waals surface area contributed by atoms with E-state index in [2.05, 4.69) is 18.7 Å². The lowest BCUT2D eigenvalue weighted by Crippen LogP contribution is -2.57. The maximum Gasteiger partial charge on any atom is 0.0615 e. The van der Waals surface area contributed by atoms with Crippen molar-refractivity contribution in [3.8, 4) is 0 Å². The number of likely N-dealkylation sites (N-methyl/N-ethyl adjacent to an activating group) is 1. The molecule has 0 aromatic carbocycles. The molecule has 0 radical (unpaired) electrons. The maximum atomic E-state index is 6.14. The molecule has 0 aromatic rings. The lowest BCUT2D eigenvalue weighted by molar-refractivity contribution is 0.0111. The molecular formula is C14H30N2O. The first kappa shape index (κ1) is 14.9. The molecule has 0 spiro atoms. The average Bonchev–Trinajstić information content (AvgIpc) is 2.57. The molecule has 0 heterocycles. The number of hydrogen-bond acceptors (Lipinski definition) is 3. The summed E-state index contributed by atoms with van der Waals surface area (Å²) in [4.78, 5) is 2.59. The van der Waals surface area contributed by atoms with Crippen LogP contribution in [0.5, 0.6) is 0 Å². The van der Waals surface area contributed by atoms with E-state index in [1.165, 1.54) is 38.5 Å². The van der Waals surface area contributed by atoms with Gasteiger partial charge in [-0.05, 0) is 26.3 Å². The Labute approximate surface area is 107 Å². The Morgan fingerprint density at radius 2 is 1.82 bits per heavy atom. The highest BCUT2D eigenvalue weighted by atomic mass is 16.5. The van der Waals surface area contributed by atoms with Crippen LogP contribution in [-0.2, 0) is 4.74 Å². The summed E-state index contributed by atoms with van der Waals surface area (Å²) in [5.74, 6) is 0. The van der Waals surface area contributed by atoms with Gasteiger partial charge in [0.15, 0.2) is 0 Å². The number of methoxy groups -OCH3 is 1. The molecular weight excluding hydrogens is 212 g/mol. The van der Waals surface area contributed by atoms with E-state index in [-0.39, 0.29) is 5.54 Å². The van der Waals surface area contributed by atoms with Crippen molar-refractivity contribution in [1.82, 2.24) is 4.90 Å². The third-order valence-electron chi connectivity index (χ3n) is 4.30. The molecule has 0 aromatic heterocycles. The van der Waals surface area contributed by atoms with Crippen LogP contribution in [0.2, 0.25) is 0 Å². The third kappa shape index (κ3) is 3.67. The normalized spacial score (nSPS) is 22.4. The van der Waals surface area contributed by atoms with E-state index < -0.39 is 0 Å². The minimum Gasteiger partial charge on any atom is -0.383 e. The Morgan fingerprint density at radius 1 is 1.24 bits per heavy atom. The van der Waals surface area contributed by atoms with Gasteiger partial charge in [-0.3, -0.25) is 4.90 Å². The van der Waals surface area contributed by atoms with Crippen LogP contribution in [-0.4, -0.2) is 43.3 Å². The molecule has 3 heteroatoms. The highest BCUT2D eigenvalue weighted by Crippen LogP contribution is 2.33. The predicted molar refractivity (Wildman–Crippen MR) is 73.2 cm³/mol. The number of rotatable bonds is 6. The zero-order chi connectivity index (χ0) is 12.7. The van der Waals surface area contributed by atoms with E-state index in [0.29, 0.717) is 6.04 Å². The lowest BCUT2D eigenvalue weighted by Gasteiger charge is -2.46. The highest BCUT2D eigenvalue weighted by Gasteiger charge is 2.37. The van der Waals surface area contributed by atoms with Crippen molar-refractivity contribution in [2.75, 3.05) is 26.8 Å². The van der Waals surface area contributed by atoms with E-state index in [0.717, 1.165) is 19.7 Å². The van der Waals surface area contributed by atoms with Crippen LogP contribution < -0.4 is 5.73 Å². The van der Waals surface area contributed by atoms with Crippen LogP contribution in [0.1, 0.15) is 52.4 Å². The van der Waals surface area contributed by atoms with Gasteiger partial charge in [-0.15, -0.1) is 0 Å². The first-order valence-corrected chi connectivity index (χ1v) is 7.16. The molecule has 1 aliphatic carbocycles. The standard InChI is InChI=1S/C14H30N2O/c1-4-16(13(2)11-17-3)14(12-15)9-7-5-6-8-10-14/h13H,4-12,15H2,1-3H3. The minimum absolute atomic E-state index is 0.225. The van der Waals surface area contributed by atoms with Gasteiger partial charge in [0.25, 0.3) is 0 Å². The molecule has 1 aliphatic rings. The van der Waals surface area contributed by atoms with Crippen LogP contribution in [0.4, 0.5) is 0 Å². The number of ether oxygens (including phenoxy) is 1. The summed E-state index contributed by atoms with van der Waals surface area (Å²) in [5.41, 5.74) is 6.36. The summed E-state index contributed by atoms with van der Waals surface area (Å²) in [6.45, 7) is 7.16. The number of nitrogens with zero attached hydrogens (tertiary/aromatic N) is 1. The second-order valence-corrected chi connectivity index (χ2v) is 5.43. The second-order valence-electron chi connectivity index (χ2n) is 5.43. The minimum atomic E-state index is 0.225. The van der Waals surface area contributed by atoms with Crippen LogP contribution in [0, 0.1) is 0 Å². The largest absolute Gasteiger partial charge is 0.383 e. The Hall–Kier alpha value is -0.120. The molecule has 0 saturated heterocycles.